The Bertz CT molecular complexity index is 1140. The summed E-state index contributed by atoms with van der Waals surface area (Å²) in [6, 6.07) is 8.37. The monoisotopic (exact) mass is 511 g/mol. The van der Waals surface area contributed by atoms with Gasteiger partial charge in [-0.3, -0.25) is 9.59 Å². The molecule has 1 fully saturated rings. The lowest BCUT2D eigenvalue weighted by Crippen LogP contribution is -2.49. The van der Waals surface area contributed by atoms with Crippen molar-refractivity contribution in [3.8, 4) is 17.5 Å². The lowest BCUT2D eigenvalue weighted by Gasteiger charge is -2.29. The SMILES string of the molecule is CC(C)C[C@H]1C(=O)N[C@H](C#N)C[C@@H]2C[C@@H](CCCCc3nc(-c4ccccc4Cl)oc3N1C)NC2=O. The number of nitrogens with one attached hydrogen (secondary N) is 2. The first-order valence-electron chi connectivity index (χ1n) is 12.7. The Morgan fingerprint density at radius 2 is 1.97 bits per heavy atom. The van der Waals surface area contributed by atoms with Gasteiger partial charge in [-0.2, -0.15) is 5.26 Å². The molecule has 2 aliphatic rings. The van der Waals surface area contributed by atoms with Crippen LogP contribution >= 0.6 is 11.6 Å². The first kappa shape index (κ1) is 26.0. The number of amides is 2. The standard InChI is InChI=1S/C27H34ClN5O3/c1-16(2)12-23-25(35)31-19(15-29)14-17-13-18(30-24(17)34)8-4-7-11-22-27(33(23)3)36-26(32-22)20-9-5-6-10-21(20)28/h5-6,9-10,16-19,23H,4,7-8,11-14H2,1-3H3,(H,30,34)(H,31,35)/t17-,18+,19-,23-/m0/s1. The molecule has 1 saturated heterocycles. The van der Waals surface area contributed by atoms with Gasteiger partial charge in [0.05, 0.1) is 16.7 Å². The average molecular weight is 512 g/mol. The Balaban J connectivity index is 1.71. The molecule has 2 aromatic rings. The van der Waals surface area contributed by atoms with Crippen LogP contribution in [0.1, 0.15) is 58.1 Å². The van der Waals surface area contributed by atoms with Crippen molar-refractivity contribution >= 4 is 29.3 Å². The molecule has 9 heteroatoms. The highest BCUT2D eigenvalue weighted by Gasteiger charge is 2.36. The number of rotatable bonds is 3. The Kier molecular flexibility index (Phi) is 8.20. The molecule has 0 spiro atoms. The number of carbonyl (C=O) groups is 2. The molecule has 0 radical (unpaired) electrons. The van der Waals surface area contributed by atoms with E-state index in [9.17, 15) is 14.9 Å². The number of carbonyl (C=O) groups excluding carboxylic acids is 2. The van der Waals surface area contributed by atoms with E-state index >= 15 is 0 Å². The summed E-state index contributed by atoms with van der Waals surface area (Å²) < 4.78 is 6.27. The van der Waals surface area contributed by atoms with Gasteiger partial charge in [-0.1, -0.05) is 44.0 Å². The number of anilines is 1. The minimum absolute atomic E-state index is 0.0272. The minimum atomic E-state index is -0.743. The number of oxazole rings is 1. The Labute approximate surface area is 217 Å². The third-order valence-corrected chi connectivity index (χ3v) is 7.39. The van der Waals surface area contributed by atoms with Crippen molar-refractivity contribution in [1.82, 2.24) is 15.6 Å². The number of fused-ring (bicyclic) bond motifs is 3. The number of halogens is 1. The number of nitriles is 1. The predicted molar refractivity (Wildman–Crippen MR) is 138 cm³/mol. The molecule has 4 atom stereocenters. The van der Waals surface area contributed by atoms with Gasteiger partial charge in [0, 0.05) is 19.0 Å². The van der Waals surface area contributed by atoms with Crippen LogP contribution in [0, 0.1) is 23.2 Å². The largest absolute Gasteiger partial charge is 0.420 e. The van der Waals surface area contributed by atoms with E-state index in [0.717, 1.165) is 25.0 Å². The van der Waals surface area contributed by atoms with Crippen LogP contribution in [0.4, 0.5) is 5.88 Å². The van der Waals surface area contributed by atoms with E-state index in [1.54, 1.807) is 6.07 Å². The first-order chi connectivity index (χ1) is 17.3. The number of likely N-dealkylation sites (N-methyl/N-ethyl adjacent to an activating group) is 1. The second kappa shape index (κ2) is 11.3. The maximum absolute atomic E-state index is 13.5. The van der Waals surface area contributed by atoms with Crippen LogP contribution in [0.5, 0.6) is 0 Å². The fourth-order valence-electron chi connectivity index (χ4n) is 5.16. The zero-order valence-electron chi connectivity index (χ0n) is 21.1. The minimum Gasteiger partial charge on any atom is -0.420 e. The Hall–Kier alpha value is -3.05. The molecular formula is C27H34ClN5O3. The molecular weight excluding hydrogens is 478 g/mol. The molecule has 0 unspecified atom stereocenters. The molecule has 192 valence electrons. The lowest BCUT2D eigenvalue weighted by atomic mass is 9.94. The predicted octanol–water partition coefficient (Wildman–Crippen LogP) is 4.48. The van der Waals surface area contributed by atoms with Gasteiger partial charge in [-0.25, -0.2) is 4.98 Å². The van der Waals surface area contributed by atoms with Crippen molar-refractivity contribution in [2.45, 2.75) is 76.9 Å². The van der Waals surface area contributed by atoms with E-state index in [0.29, 0.717) is 48.0 Å². The van der Waals surface area contributed by atoms with E-state index in [4.69, 9.17) is 21.0 Å². The molecule has 1 aromatic carbocycles. The molecule has 2 aliphatic heterocycles. The zero-order chi connectivity index (χ0) is 25.8. The number of aryl methyl sites for hydroxylation is 1. The zero-order valence-corrected chi connectivity index (χ0v) is 21.8. The number of aromatic nitrogens is 1. The summed E-state index contributed by atoms with van der Waals surface area (Å²) in [6.45, 7) is 4.11. The smallest absolute Gasteiger partial charge is 0.243 e. The highest BCUT2D eigenvalue weighted by molar-refractivity contribution is 6.33. The molecule has 2 bridgehead atoms. The van der Waals surface area contributed by atoms with Crippen molar-refractivity contribution < 1.29 is 14.0 Å². The molecule has 1 aromatic heterocycles. The Morgan fingerprint density at radius 3 is 2.69 bits per heavy atom. The van der Waals surface area contributed by atoms with Crippen molar-refractivity contribution in [3.63, 3.8) is 0 Å². The third-order valence-electron chi connectivity index (χ3n) is 7.06. The molecule has 0 saturated carbocycles. The highest BCUT2D eigenvalue weighted by atomic mass is 35.5. The van der Waals surface area contributed by atoms with Crippen LogP contribution in [0.25, 0.3) is 11.5 Å². The number of hydrogen-bond acceptors (Lipinski definition) is 6. The molecule has 3 heterocycles. The third kappa shape index (κ3) is 5.84. The van der Waals surface area contributed by atoms with Gasteiger partial charge >= 0.3 is 0 Å². The molecule has 2 amide bonds. The lowest BCUT2D eigenvalue weighted by molar-refractivity contribution is -0.125. The van der Waals surface area contributed by atoms with Crippen molar-refractivity contribution in [2.24, 2.45) is 11.8 Å². The van der Waals surface area contributed by atoms with Crippen LogP contribution in [0.15, 0.2) is 28.7 Å². The summed E-state index contributed by atoms with van der Waals surface area (Å²) in [5, 5.41) is 16.3. The maximum Gasteiger partial charge on any atom is 0.243 e. The highest BCUT2D eigenvalue weighted by Crippen LogP contribution is 2.34. The molecule has 36 heavy (non-hydrogen) atoms. The van der Waals surface area contributed by atoms with E-state index in [2.05, 4.69) is 30.6 Å². The second-order valence-corrected chi connectivity index (χ2v) is 10.7. The van der Waals surface area contributed by atoms with Crippen molar-refractivity contribution in [3.05, 3.63) is 35.0 Å². The van der Waals surface area contributed by atoms with Gasteiger partial charge in [-0.15, -0.1) is 0 Å². The maximum atomic E-state index is 13.5. The van der Waals surface area contributed by atoms with Crippen molar-refractivity contribution in [2.75, 3.05) is 11.9 Å². The summed E-state index contributed by atoms with van der Waals surface area (Å²) in [6.07, 6.45) is 4.89. The summed E-state index contributed by atoms with van der Waals surface area (Å²) in [5.74, 6) is 0.638. The number of benzene rings is 1. The second-order valence-electron chi connectivity index (χ2n) is 10.3. The average Bonchev–Trinajstić information content (AvgIpc) is 3.42. The summed E-state index contributed by atoms with van der Waals surface area (Å²) in [7, 11) is 1.84. The van der Waals surface area contributed by atoms with Gasteiger partial charge < -0.3 is 20.0 Å². The normalized spacial score (nSPS) is 25.4. The van der Waals surface area contributed by atoms with Gasteiger partial charge in [0.2, 0.25) is 23.6 Å². The van der Waals surface area contributed by atoms with Gasteiger partial charge in [0.1, 0.15) is 17.8 Å². The van der Waals surface area contributed by atoms with E-state index in [1.165, 1.54) is 0 Å². The molecule has 0 aliphatic carbocycles. The van der Waals surface area contributed by atoms with Crippen LogP contribution in [-0.4, -0.2) is 42.0 Å². The topological polar surface area (TPSA) is 111 Å². The van der Waals surface area contributed by atoms with Gasteiger partial charge in [0.25, 0.3) is 0 Å². The van der Waals surface area contributed by atoms with Gasteiger partial charge in [-0.05, 0) is 56.6 Å². The van der Waals surface area contributed by atoms with Crippen molar-refractivity contribution in [1.29, 1.82) is 5.26 Å². The number of hydrogen-bond donors (Lipinski definition) is 2. The summed E-state index contributed by atoms with van der Waals surface area (Å²) in [4.78, 5) is 32.7. The van der Waals surface area contributed by atoms with E-state index < -0.39 is 12.1 Å². The fraction of sp³-hybridized carbons (Fsp3) is 0.556. The molecule has 2 N–H and O–H groups in total. The molecule has 4 rings (SSSR count). The first-order valence-corrected chi connectivity index (χ1v) is 13.1. The Morgan fingerprint density at radius 1 is 1.19 bits per heavy atom. The van der Waals surface area contributed by atoms with Crippen LogP contribution in [0.2, 0.25) is 5.02 Å². The van der Waals surface area contributed by atoms with Crippen LogP contribution in [-0.2, 0) is 16.0 Å². The quantitative estimate of drug-likeness (QED) is 0.628. The van der Waals surface area contributed by atoms with E-state index in [1.807, 2.05) is 30.1 Å². The van der Waals surface area contributed by atoms with E-state index in [-0.39, 0.29) is 29.7 Å². The summed E-state index contributed by atoms with van der Waals surface area (Å²) in [5.41, 5.74) is 1.47. The van der Waals surface area contributed by atoms with Crippen LogP contribution in [0.3, 0.4) is 0 Å². The molecule has 8 nitrogen and oxygen atoms in total. The number of nitrogens with zero attached hydrogens (tertiary/aromatic N) is 3. The summed E-state index contributed by atoms with van der Waals surface area (Å²) >= 11 is 6.43. The fourth-order valence-corrected chi connectivity index (χ4v) is 5.38. The van der Waals surface area contributed by atoms with Gasteiger partial charge in [0.15, 0.2) is 0 Å². The van der Waals surface area contributed by atoms with Crippen LogP contribution < -0.4 is 15.5 Å².